The largest absolute Gasteiger partial charge is 0.337 e. The second-order valence-corrected chi connectivity index (χ2v) is 8.67. The Kier molecular flexibility index (Phi) is 6.64. The molecule has 1 amide bonds. The molecule has 1 aliphatic heterocycles. The van der Waals surface area contributed by atoms with Gasteiger partial charge in [0.2, 0.25) is 11.8 Å². The van der Waals surface area contributed by atoms with Gasteiger partial charge in [-0.3, -0.25) is 4.79 Å². The molecule has 1 unspecified atom stereocenters. The molecule has 1 saturated heterocycles. The summed E-state index contributed by atoms with van der Waals surface area (Å²) in [5.74, 6) is 1.85. The van der Waals surface area contributed by atoms with E-state index >= 15 is 0 Å². The number of hydrogen-bond acceptors (Lipinski definition) is 7. The van der Waals surface area contributed by atoms with Crippen LogP contribution in [0.1, 0.15) is 73.7 Å². The standard InChI is InChI=1S/C22H26ClN7O2/c1-14(2)21-24-22(32-27-21)19-6-4-5-11-29(19)20(31)10-8-16-7-9-18(23)12-17(16)13-30-26-15(3)25-28-30/h7-10,12,14,19H,4-6,11,13H2,1-3H3. The fraction of sp³-hybridized carbons (Fsp3) is 0.455. The van der Waals surface area contributed by atoms with Crippen molar-refractivity contribution in [1.29, 1.82) is 0 Å². The first kappa shape index (κ1) is 22.1. The SMILES string of the molecule is Cc1nnn(Cc2cc(Cl)ccc2C=CC(=O)N2CCCCC2c2nc(C(C)C)no2)n1. The first-order valence-corrected chi connectivity index (χ1v) is 11.1. The molecular formula is C22H26ClN7O2. The normalized spacial score (nSPS) is 16.9. The van der Waals surface area contributed by atoms with Crippen LogP contribution < -0.4 is 0 Å². The van der Waals surface area contributed by atoms with E-state index in [1.54, 1.807) is 25.1 Å². The van der Waals surface area contributed by atoms with Gasteiger partial charge in [-0.25, -0.2) is 0 Å². The maximum Gasteiger partial charge on any atom is 0.249 e. The van der Waals surface area contributed by atoms with Crippen molar-refractivity contribution < 1.29 is 9.32 Å². The summed E-state index contributed by atoms with van der Waals surface area (Å²) in [5, 5.41) is 16.8. The molecule has 4 rings (SSSR count). The maximum atomic E-state index is 13.1. The van der Waals surface area contributed by atoms with Crippen LogP contribution in [0.3, 0.4) is 0 Å². The third kappa shape index (κ3) is 5.04. The zero-order chi connectivity index (χ0) is 22.7. The van der Waals surface area contributed by atoms with E-state index in [0.29, 0.717) is 35.7 Å². The van der Waals surface area contributed by atoms with Gasteiger partial charge in [-0.05, 0) is 60.7 Å². The molecule has 32 heavy (non-hydrogen) atoms. The Bertz CT molecular complexity index is 1120. The van der Waals surface area contributed by atoms with E-state index in [2.05, 4.69) is 25.6 Å². The second-order valence-electron chi connectivity index (χ2n) is 8.23. The van der Waals surface area contributed by atoms with Crippen molar-refractivity contribution in [2.75, 3.05) is 6.54 Å². The van der Waals surface area contributed by atoms with Crippen molar-refractivity contribution in [3.63, 3.8) is 0 Å². The van der Waals surface area contributed by atoms with Crippen LogP contribution in [0.5, 0.6) is 0 Å². The zero-order valence-corrected chi connectivity index (χ0v) is 19.2. The maximum absolute atomic E-state index is 13.1. The van der Waals surface area contributed by atoms with Crippen LogP contribution >= 0.6 is 11.6 Å². The van der Waals surface area contributed by atoms with Crippen LogP contribution in [0.4, 0.5) is 0 Å². The van der Waals surface area contributed by atoms with Gasteiger partial charge in [0.15, 0.2) is 11.6 Å². The lowest BCUT2D eigenvalue weighted by atomic mass is 10.0. The summed E-state index contributed by atoms with van der Waals surface area (Å²) in [6.45, 7) is 6.87. The quantitative estimate of drug-likeness (QED) is 0.518. The molecule has 10 heteroatoms. The summed E-state index contributed by atoms with van der Waals surface area (Å²) < 4.78 is 5.49. The highest BCUT2D eigenvalue weighted by Crippen LogP contribution is 2.31. The fourth-order valence-electron chi connectivity index (χ4n) is 3.74. The van der Waals surface area contributed by atoms with Crippen LogP contribution in [0, 0.1) is 6.92 Å². The number of aromatic nitrogens is 6. The number of halogens is 1. The van der Waals surface area contributed by atoms with Crippen LogP contribution in [-0.4, -0.2) is 47.7 Å². The van der Waals surface area contributed by atoms with Gasteiger partial charge in [0.1, 0.15) is 6.04 Å². The van der Waals surface area contributed by atoms with E-state index in [4.69, 9.17) is 16.1 Å². The molecule has 0 bridgehead atoms. The molecular weight excluding hydrogens is 430 g/mol. The summed E-state index contributed by atoms with van der Waals surface area (Å²) >= 11 is 6.20. The van der Waals surface area contributed by atoms with E-state index in [0.717, 1.165) is 30.4 Å². The third-order valence-electron chi connectivity index (χ3n) is 5.42. The van der Waals surface area contributed by atoms with Crippen LogP contribution in [0.2, 0.25) is 5.02 Å². The monoisotopic (exact) mass is 455 g/mol. The number of nitrogens with zero attached hydrogens (tertiary/aromatic N) is 7. The van der Waals surface area contributed by atoms with Gasteiger partial charge in [-0.2, -0.15) is 9.78 Å². The molecule has 9 nitrogen and oxygen atoms in total. The van der Waals surface area contributed by atoms with Gasteiger partial charge in [-0.1, -0.05) is 36.7 Å². The molecule has 0 spiro atoms. The Morgan fingerprint density at radius 3 is 2.91 bits per heavy atom. The number of hydrogen-bond donors (Lipinski definition) is 0. The number of aryl methyl sites for hydroxylation is 1. The summed E-state index contributed by atoms with van der Waals surface area (Å²) in [6, 6.07) is 5.32. The minimum absolute atomic E-state index is 0.0883. The number of carbonyl (C=O) groups excluding carboxylic acids is 1. The van der Waals surface area contributed by atoms with Crippen LogP contribution in [0.25, 0.3) is 6.08 Å². The van der Waals surface area contributed by atoms with E-state index in [-0.39, 0.29) is 17.9 Å². The number of likely N-dealkylation sites (tertiary alicyclic amines) is 1. The highest BCUT2D eigenvalue weighted by molar-refractivity contribution is 6.30. The van der Waals surface area contributed by atoms with Gasteiger partial charge < -0.3 is 9.42 Å². The smallest absolute Gasteiger partial charge is 0.249 e. The molecule has 168 valence electrons. The highest BCUT2D eigenvalue weighted by atomic mass is 35.5. The molecule has 0 saturated carbocycles. The van der Waals surface area contributed by atoms with Crippen molar-refractivity contribution in [1.82, 2.24) is 35.2 Å². The lowest BCUT2D eigenvalue weighted by molar-refractivity contribution is -0.130. The second kappa shape index (κ2) is 9.60. The predicted molar refractivity (Wildman–Crippen MR) is 119 cm³/mol. The molecule has 1 atom stereocenters. The molecule has 1 fully saturated rings. The average Bonchev–Trinajstić information content (AvgIpc) is 3.42. The van der Waals surface area contributed by atoms with Crippen molar-refractivity contribution in [2.45, 2.75) is 58.5 Å². The number of rotatable bonds is 6. The molecule has 1 aliphatic rings. The van der Waals surface area contributed by atoms with Crippen molar-refractivity contribution in [2.24, 2.45) is 0 Å². The number of amides is 1. The summed E-state index contributed by atoms with van der Waals surface area (Å²) in [7, 11) is 0. The van der Waals surface area contributed by atoms with Crippen LogP contribution in [0.15, 0.2) is 28.8 Å². The number of benzene rings is 1. The highest BCUT2D eigenvalue weighted by Gasteiger charge is 2.31. The van der Waals surface area contributed by atoms with Gasteiger partial charge in [0, 0.05) is 23.6 Å². The van der Waals surface area contributed by atoms with Gasteiger partial charge in [0.25, 0.3) is 0 Å². The average molecular weight is 456 g/mol. The summed E-state index contributed by atoms with van der Waals surface area (Å²) in [6.07, 6.45) is 6.17. The Hall–Kier alpha value is -3.07. The molecule has 1 aromatic carbocycles. The Balaban J connectivity index is 1.53. The molecule has 0 N–H and O–H groups in total. The zero-order valence-electron chi connectivity index (χ0n) is 18.4. The number of piperidine rings is 1. The summed E-state index contributed by atoms with van der Waals surface area (Å²) in [4.78, 5) is 21.0. The minimum atomic E-state index is -0.201. The van der Waals surface area contributed by atoms with Crippen LogP contribution in [-0.2, 0) is 11.3 Å². The van der Waals surface area contributed by atoms with Crippen molar-refractivity contribution >= 4 is 23.6 Å². The first-order chi connectivity index (χ1) is 15.4. The molecule has 0 aliphatic carbocycles. The topological polar surface area (TPSA) is 103 Å². The fourth-order valence-corrected chi connectivity index (χ4v) is 3.94. The van der Waals surface area contributed by atoms with Gasteiger partial charge in [-0.15, -0.1) is 10.2 Å². The Labute approximate surface area is 191 Å². The molecule has 2 aromatic heterocycles. The Morgan fingerprint density at radius 2 is 2.19 bits per heavy atom. The lowest BCUT2D eigenvalue weighted by Gasteiger charge is -2.32. The number of tetrazole rings is 1. The minimum Gasteiger partial charge on any atom is -0.337 e. The van der Waals surface area contributed by atoms with E-state index in [1.165, 1.54) is 4.80 Å². The summed E-state index contributed by atoms with van der Waals surface area (Å²) in [5.41, 5.74) is 1.76. The van der Waals surface area contributed by atoms with E-state index in [9.17, 15) is 4.79 Å². The van der Waals surface area contributed by atoms with Gasteiger partial charge >= 0.3 is 0 Å². The van der Waals surface area contributed by atoms with Crippen molar-refractivity contribution in [3.8, 4) is 0 Å². The van der Waals surface area contributed by atoms with Crippen molar-refractivity contribution in [3.05, 3.63) is 58.0 Å². The number of carbonyl (C=O) groups is 1. The van der Waals surface area contributed by atoms with E-state index < -0.39 is 0 Å². The predicted octanol–water partition coefficient (Wildman–Crippen LogP) is 3.96. The van der Waals surface area contributed by atoms with E-state index in [1.807, 2.05) is 30.9 Å². The molecule has 3 heterocycles. The molecule has 0 radical (unpaired) electrons. The molecule has 3 aromatic rings. The Morgan fingerprint density at radius 1 is 1.34 bits per heavy atom. The van der Waals surface area contributed by atoms with Gasteiger partial charge in [0.05, 0.1) is 6.54 Å². The third-order valence-corrected chi connectivity index (χ3v) is 5.65. The first-order valence-electron chi connectivity index (χ1n) is 10.8. The lowest BCUT2D eigenvalue weighted by Crippen LogP contribution is -2.37.